The number of nitrogens with one attached hydrogen (secondary N) is 1. The smallest absolute Gasteiger partial charge is 0.243 e. The lowest BCUT2D eigenvalue weighted by Crippen LogP contribution is -2.51. The van der Waals surface area contributed by atoms with Gasteiger partial charge in [-0.25, -0.2) is 12.8 Å². The molecule has 144 valence electrons. The van der Waals surface area contributed by atoms with Gasteiger partial charge in [-0.1, -0.05) is 42.3 Å². The van der Waals surface area contributed by atoms with E-state index in [2.05, 4.69) is 5.32 Å². The Labute approximate surface area is 159 Å². The Balaban J connectivity index is 1.77. The standard InChI is InChI=1S/C20H23FN2O3S/c1-15-9-11-17(12-10-15)27(25,26)23-13-5-4-8-19(23)20(24)22-14-16-6-2-3-7-18(16)21/h2-3,6-7,9-12,19H,4-5,8,13-14H2,1H3,(H,22,24)/t19-/m1/s1. The molecule has 3 rings (SSSR count). The van der Waals surface area contributed by atoms with Crippen LogP contribution in [0.15, 0.2) is 53.4 Å². The van der Waals surface area contributed by atoms with E-state index in [1.54, 1.807) is 42.5 Å². The molecule has 0 saturated carbocycles. The first kappa shape index (κ1) is 19.5. The van der Waals surface area contributed by atoms with Crippen molar-refractivity contribution in [3.05, 3.63) is 65.5 Å². The number of carbonyl (C=O) groups is 1. The van der Waals surface area contributed by atoms with Crippen LogP contribution in [0.25, 0.3) is 0 Å². The van der Waals surface area contributed by atoms with Crippen LogP contribution in [0.3, 0.4) is 0 Å². The van der Waals surface area contributed by atoms with Crippen molar-refractivity contribution < 1.29 is 17.6 Å². The normalized spacial score (nSPS) is 18.2. The molecule has 0 aromatic heterocycles. The minimum atomic E-state index is -3.77. The Morgan fingerprint density at radius 1 is 1.15 bits per heavy atom. The van der Waals surface area contributed by atoms with Crippen LogP contribution in [0.4, 0.5) is 4.39 Å². The molecule has 1 amide bonds. The van der Waals surface area contributed by atoms with E-state index in [4.69, 9.17) is 0 Å². The summed E-state index contributed by atoms with van der Waals surface area (Å²) in [6.07, 6.45) is 1.94. The summed E-state index contributed by atoms with van der Waals surface area (Å²) in [6, 6.07) is 12.0. The van der Waals surface area contributed by atoms with Crippen LogP contribution >= 0.6 is 0 Å². The van der Waals surface area contributed by atoms with E-state index in [1.807, 2.05) is 6.92 Å². The average molecular weight is 390 g/mol. The van der Waals surface area contributed by atoms with Crippen LogP contribution in [0.1, 0.15) is 30.4 Å². The van der Waals surface area contributed by atoms with Crippen molar-refractivity contribution in [1.82, 2.24) is 9.62 Å². The Kier molecular flexibility index (Phi) is 5.92. The number of halogens is 1. The summed E-state index contributed by atoms with van der Waals surface area (Å²) in [4.78, 5) is 12.9. The third kappa shape index (κ3) is 4.36. The molecule has 1 aliphatic heterocycles. The average Bonchev–Trinajstić information content (AvgIpc) is 2.67. The fourth-order valence-electron chi connectivity index (χ4n) is 3.24. The van der Waals surface area contributed by atoms with Gasteiger partial charge in [0.25, 0.3) is 0 Å². The molecule has 1 aliphatic rings. The predicted molar refractivity (Wildman–Crippen MR) is 101 cm³/mol. The SMILES string of the molecule is Cc1ccc(S(=O)(=O)N2CCCC[C@@H]2C(=O)NCc2ccccc2F)cc1. The van der Waals surface area contributed by atoms with Crippen LogP contribution < -0.4 is 5.32 Å². The van der Waals surface area contributed by atoms with Crippen LogP contribution in [0, 0.1) is 12.7 Å². The number of nitrogens with zero attached hydrogens (tertiary/aromatic N) is 1. The quantitative estimate of drug-likeness (QED) is 0.854. The fraction of sp³-hybridized carbons (Fsp3) is 0.350. The summed E-state index contributed by atoms with van der Waals surface area (Å²) in [5, 5.41) is 2.69. The summed E-state index contributed by atoms with van der Waals surface area (Å²) in [6.45, 7) is 2.21. The Bertz CT molecular complexity index is 913. The van der Waals surface area contributed by atoms with E-state index in [0.717, 1.165) is 12.0 Å². The monoisotopic (exact) mass is 390 g/mol. The molecule has 1 N–H and O–H groups in total. The lowest BCUT2D eigenvalue weighted by molar-refractivity contribution is -0.125. The molecule has 1 fully saturated rings. The first-order valence-corrected chi connectivity index (χ1v) is 10.4. The number of carbonyl (C=O) groups excluding carboxylic acids is 1. The highest BCUT2D eigenvalue weighted by atomic mass is 32.2. The zero-order valence-electron chi connectivity index (χ0n) is 15.2. The Morgan fingerprint density at radius 3 is 2.56 bits per heavy atom. The number of benzene rings is 2. The van der Waals surface area contributed by atoms with Gasteiger partial charge in [-0.15, -0.1) is 0 Å². The molecule has 2 aromatic rings. The maximum atomic E-state index is 13.7. The van der Waals surface area contributed by atoms with Gasteiger partial charge in [0, 0.05) is 18.7 Å². The third-order valence-corrected chi connectivity index (χ3v) is 6.72. The highest BCUT2D eigenvalue weighted by molar-refractivity contribution is 7.89. The molecule has 0 radical (unpaired) electrons. The van der Waals surface area contributed by atoms with Crippen molar-refractivity contribution in [3.63, 3.8) is 0 Å². The number of aryl methyl sites for hydroxylation is 1. The highest BCUT2D eigenvalue weighted by Crippen LogP contribution is 2.26. The minimum Gasteiger partial charge on any atom is -0.351 e. The number of piperidine rings is 1. The second-order valence-corrected chi connectivity index (χ2v) is 8.64. The van der Waals surface area contributed by atoms with E-state index in [1.165, 1.54) is 10.4 Å². The van der Waals surface area contributed by atoms with Crippen molar-refractivity contribution in [3.8, 4) is 0 Å². The van der Waals surface area contributed by atoms with Gasteiger partial charge in [0.05, 0.1) is 4.90 Å². The van der Waals surface area contributed by atoms with Gasteiger partial charge in [-0.05, 0) is 38.0 Å². The van der Waals surface area contributed by atoms with Crippen LogP contribution in [-0.4, -0.2) is 31.2 Å². The predicted octanol–water partition coefficient (Wildman–Crippen LogP) is 2.99. The molecule has 1 saturated heterocycles. The summed E-state index contributed by atoms with van der Waals surface area (Å²) >= 11 is 0. The second-order valence-electron chi connectivity index (χ2n) is 6.75. The van der Waals surface area contributed by atoms with Gasteiger partial charge in [0.2, 0.25) is 15.9 Å². The first-order chi connectivity index (χ1) is 12.9. The molecule has 7 heteroatoms. The molecule has 5 nitrogen and oxygen atoms in total. The minimum absolute atomic E-state index is 0.0282. The van der Waals surface area contributed by atoms with Gasteiger partial charge in [-0.2, -0.15) is 4.31 Å². The van der Waals surface area contributed by atoms with Gasteiger partial charge < -0.3 is 5.32 Å². The summed E-state index contributed by atoms with van der Waals surface area (Å²) in [7, 11) is -3.77. The second kappa shape index (κ2) is 8.19. The zero-order valence-corrected chi connectivity index (χ0v) is 16.0. The lowest BCUT2D eigenvalue weighted by Gasteiger charge is -2.33. The van der Waals surface area contributed by atoms with E-state index >= 15 is 0 Å². The van der Waals surface area contributed by atoms with E-state index < -0.39 is 27.8 Å². The summed E-state index contributed by atoms with van der Waals surface area (Å²) in [5.41, 5.74) is 1.33. The van der Waals surface area contributed by atoms with E-state index in [0.29, 0.717) is 24.9 Å². The largest absolute Gasteiger partial charge is 0.351 e. The van der Waals surface area contributed by atoms with E-state index in [9.17, 15) is 17.6 Å². The number of hydrogen-bond donors (Lipinski definition) is 1. The molecule has 0 aliphatic carbocycles. The van der Waals surface area contributed by atoms with Gasteiger partial charge >= 0.3 is 0 Å². The van der Waals surface area contributed by atoms with Crippen LogP contribution in [0.2, 0.25) is 0 Å². The molecule has 27 heavy (non-hydrogen) atoms. The lowest BCUT2D eigenvalue weighted by atomic mass is 10.0. The maximum absolute atomic E-state index is 13.7. The summed E-state index contributed by atoms with van der Waals surface area (Å²) < 4.78 is 41.1. The molecular formula is C20H23FN2O3S. The number of rotatable bonds is 5. The summed E-state index contributed by atoms with van der Waals surface area (Å²) in [5.74, 6) is -0.792. The van der Waals surface area contributed by atoms with Crippen LogP contribution in [0.5, 0.6) is 0 Å². The van der Waals surface area contributed by atoms with Crippen molar-refractivity contribution in [1.29, 1.82) is 0 Å². The number of hydrogen-bond acceptors (Lipinski definition) is 3. The molecule has 0 bridgehead atoms. The van der Waals surface area contributed by atoms with Gasteiger partial charge in [-0.3, -0.25) is 4.79 Å². The molecular weight excluding hydrogens is 367 g/mol. The van der Waals surface area contributed by atoms with E-state index in [-0.39, 0.29) is 11.4 Å². The Hall–Kier alpha value is -2.25. The fourth-order valence-corrected chi connectivity index (χ4v) is 4.90. The van der Waals surface area contributed by atoms with Crippen molar-refractivity contribution >= 4 is 15.9 Å². The van der Waals surface area contributed by atoms with Gasteiger partial charge in [0.1, 0.15) is 11.9 Å². The van der Waals surface area contributed by atoms with Crippen LogP contribution in [-0.2, 0) is 21.4 Å². The number of amides is 1. The highest BCUT2D eigenvalue weighted by Gasteiger charge is 2.37. The molecule has 1 heterocycles. The zero-order chi connectivity index (χ0) is 19.4. The number of sulfonamides is 1. The molecule has 2 aromatic carbocycles. The maximum Gasteiger partial charge on any atom is 0.243 e. The topological polar surface area (TPSA) is 66.5 Å². The first-order valence-electron chi connectivity index (χ1n) is 8.99. The molecule has 1 atom stereocenters. The van der Waals surface area contributed by atoms with Crippen molar-refractivity contribution in [2.45, 2.75) is 43.7 Å². The molecule has 0 unspecified atom stereocenters. The third-order valence-electron chi connectivity index (χ3n) is 4.79. The van der Waals surface area contributed by atoms with Gasteiger partial charge in [0.15, 0.2) is 0 Å². The van der Waals surface area contributed by atoms with Crippen molar-refractivity contribution in [2.24, 2.45) is 0 Å². The molecule has 0 spiro atoms. The van der Waals surface area contributed by atoms with Crippen molar-refractivity contribution in [2.75, 3.05) is 6.54 Å². The Morgan fingerprint density at radius 2 is 1.85 bits per heavy atom.